The topological polar surface area (TPSA) is 29.5 Å². The van der Waals surface area contributed by atoms with Crippen LogP contribution in [0.2, 0.25) is 0 Å². The van der Waals surface area contributed by atoms with Crippen LogP contribution in [0.4, 0.5) is 10.1 Å². The van der Waals surface area contributed by atoms with Crippen LogP contribution in [-0.4, -0.2) is 26.2 Å². The van der Waals surface area contributed by atoms with Gasteiger partial charge in [0.05, 0.1) is 12.7 Å². The van der Waals surface area contributed by atoms with Crippen molar-refractivity contribution in [3.63, 3.8) is 0 Å². The zero-order valence-corrected chi connectivity index (χ0v) is 9.91. The molecule has 1 aromatic carbocycles. The molecule has 2 rings (SSSR count). The maximum atomic E-state index is 13.5. The molecule has 1 aliphatic rings. The quantitative estimate of drug-likeness (QED) is 0.740. The molecular formula is C13H16FNO2. The van der Waals surface area contributed by atoms with Crippen LogP contribution in [0.25, 0.3) is 0 Å². The molecule has 0 bridgehead atoms. The van der Waals surface area contributed by atoms with Gasteiger partial charge in [-0.2, -0.15) is 0 Å². The number of methoxy groups -OCH3 is 1. The number of benzene rings is 1. The average Bonchev–Trinajstić information content (AvgIpc) is 2.39. The van der Waals surface area contributed by atoms with Gasteiger partial charge in [-0.05, 0) is 37.5 Å². The van der Waals surface area contributed by atoms with Crippen LogP contribution in [0.3, 0.4) is 0 Å². The van der Waals surface area contributed by atoms with E-state index in [0.29, 0.717) is 0 Å². The Morgan fingerprint density at radius 2 is 2.00 bits per heavy atom. The van der Waals surface area contributed by atoms with Gasteiger partial charge in [0.25, 0.3) is 0 Å². The molecule has 3 nitrogen and oxygen atoms in total. The zero-order valence-electron chi connectivity index (χ0n) is 9.91. The molecule has 1 heterocycles. The van der Waals surface area contributed by atoms with Crippen molar-refractivity contribution in [1.82, 2.24) is 0 Å². The summed E-state index contributed by atoms with van der Waals surface area (Å²) in [5.41, 5.74) is 0.905. The van der Waals surface area contributed by atoms with Gasteiger partial charge < -0.3 is 9.64 Å². The van der Waals surface area contributed by atoms with Crippen LogP contribution in [0.5, 0.6) is 0 Å². The average molecular weight is 237 g/mol. The Kier molecular flexibility index (Phi) is 3.61. The third kappa shape index (κ3) is 2.57. The Morgan fingerprint density at radius 1 is 1.29 bits per heavy atom. The van der Waals surface area contributed by atoms with E-state index >= 15 is 0 Å². The molecular weight excluding hydrogens is 221 g/mol. The minimum absolute atomic E-state index is 0.00979. The molecule has 0 unspecified atom stereocenters. The summed E-state index contributed by atoms with van der Waals surface area (Å²) in [7, 11) is 1.26. The van der Waals surface area contributed by atoms with Crippen molar-refractivity contribution in [2.45, 2.75) is 19.3 Å². The van der Waals surface area contributed by atoms with E-state index in [1.807, 2.05) is 0 Å². The molecule has 1 fully saturated rings. The first-order chi connectivity index (χ1) is 8.22. The number of ether oxygens (including phenoxy) is 1. The summed E-state index contributed by atoms with van der Waals surface area (Å²) in [5, 5.41) is 0. The van der Waals surface area contributed by atoms with Crippen LogP contribution in [-0.2, 0) is 4.74 Å². The summed E-state index contributed by atoms with van der Waals surface area (Å²) in [6.07, 6.45) is 3.53. The van der Waals surface area contributed by atoms with Crippen molar-refractivity contribution >= 4 is 11.7 Å². The van der Waals surface area contributed by atoms with Crippen LogP contribution in [0.1, 0.15) is 29.6 Å². The molecule has 92 valence electrons. The van der Waals surface area contributed by atoms with Crippen molar-refractivity contribution < 1.29 is 13.9 Å². The van der Waals surface area contributed by atoms with Gasteiger partial charge in [-0.25, -0.2) is 9.18 Å². The first kappa shape index (κ1) is 11.9. The second-order valence-corrected chi connectivity index (χ2v) is 4.20. The number of hydrogen-bond donors (Lipinski definition) is 0. The molecule has 0 amide bonds. The number of halogens is 1. The molecule has 1 saturated heterocycles. The number of carbonyl (C=O) groups is 1. The fourth-order valence-corrected chi connectivity index (χ4v) is 2.13. The number of anilines is 1. The Labute approximate surface area is 100 Å². The molecule has 0 aliphatic carbocycles. The van der Waals surface area contributed by atoms with Gasteiger partial charge in [0.2, 0.25) is 0 Å². The molecule has 4 heteroatoms. The standard InChI is InChI=1S/C13H16FNO2/c1-17-13(16)11-9-10(5-6-12(11)14)15-7-3-2-4-8-15/h5-6,9H,2-4,7-8H2,1H3. The van der Waals surface area contributed by atoms with Crippen LogP contribution >= 0.6 is 0 Å². The molecule has 0 radical (unpaired) electrons. The largest absolute Gasteiger partial charge is 0.465 e. The molecule has 17 heavy (non-hydrogen) atoms. The lowest BCUT2D eigenvalue weighted by atomic mass is 10.1. The first-order valence-corrected chi connectivity index (χ1v) is 5.85. The van der Waals surface area contributed by atoms with Crippen molar-refractivity contribution in [2.24, 2.45) is 0 Å². The third-order valence-electron chi connectivity index (χ3n) is 3.08. The van der Waals surface area contributed by atoms with Gasteiger partial charge in [-0.3, -0.25) is 0 Å². The normalized spacial score (nSPS) is 15.8. The molecule has 0 spiro atoms. The fraction of sp³-hybridized carbons (Fsp3) is 0.462. The first-order valence-electron chi connectivity index (χ1n) is 5.85. The zero-order chi connectivity index (χ0) is 12.3. The lowest BCUT2D eigenvalue weighted by Gasteiger charge is -2.29. The highest BCUT2D eigenvalue weighted by atomic mass is 19.1. The Morgan fingerprint density at radius 3 is 2.65 bits per heavy atom. The summed E-state index contributed by atoms with van der Waals surface area (Å²) in [5.74, 6) is -1.15. The highest BCUT2D eigenvalue weighted by Gasteiger charge is 2.16. The number of piperidine rings is 1. The van der Waals surface area contributed by atoms with E-state index in [-0.39, 0.29) is 5.56 Å². The van der Waals surface area contributed by atoms with E-state index in [2.05, 4.69) is 9.64 Å². The number of nitrogens with zero attached hydrogens (tertiary/aromatic N) is 1. The lowest BCUT2D eigenvalue weighted by Crippen LogP contribution is -2.29. The number of hydrogen-bond acceptors (Lipinski definition) is 3. The third-order valence-corrected chi connectivity index (χ3v) is 3.08. The molecule has 0 N–H and O–H groups in total. The molecule has 1 aliphatic heterocycles. The highest BCUT2D eigenvalue weighted by molar-refractivity contribution is 5.90. The monoisotopic (exact) mass is 237 g/mol. The second-order valence-electron chi connectivity index (χ2n) is 4.20. The SMILES string of the molecule is COC(=O)c1cc(N2CCCCC2)ccc1F. The summed E-state index contributed by atoms with van der Waals surface area (Å²) in [6.45, 7) is 1.93. The van der Waals surface area contributed by atoms with Crippen molar-refractivity contribution in [1.29, 1.82) is 0 Å². The van der Waals surface area contributed by atoms with Crippen molar-refractivity contribution in [3.05, 3.63) is 29.6 Å². The number of rotatable bonds is 2. The fourth-order valence-electron chi connectivity index (χ4n) is 2.13. The minimum Gasteiger partial charge on any atom is -0.465 e. The van der Waals surface area contributed by atoms with E-state index < -0.39 is 11.8 Å². The van der Waals surface area contributed by atoms with Gasteiger partial charge in [-0.15, -0.1) is 0 Å². The second kappa shape index (κ2) is 5.17. The number of esters is 1. The summed E-state index contributed by atoms with van der Waals surface area (Å²) in [4.78, 5) is 13.6. The molecule has 0 atom stereocenters. The van der Waals surface area contributed by atoms with E-state index in [1.54, 1.807) is 12.1 Å². The minimum atomic E-state index is -0.624. The highest BCUT2D eigenvalue weighted by Crippen LogP contribution is 2.22. The van der Waals surface area contributed by atoms with Crippen molar-refractivity contribution in [3.8, 4) is 0 Å². The van der Waals surface area contributed by atoms with E-state index in [1.165, 1.54) is 19.6 Å². The summed E-state index contributed by atoms with van der Waals surface area (Å²) < 4.78 is 18.0. The Hall–Kier alpha value is -1.58. The maximum absolute atomic E-state index is 13.5. The van der Waals surface area contributed by atoms with Gasteiger partial charge in [-0.1, -0.05) is 0 Å². The van der Waals surface area contributed by atoms with E-state index in [0.717, 1.165) is 31.6 Å². The smallest absolute Gasteiger partial charge is 0.340 e. The Balaban J connectivity index is 2.26. The molecule has 1 aromatic rings. The molecule has 0 aromatic heterocycles. The van der Waals surface area contributed by atoms with Crippen LogP contribution in [0, 0.1) is 5.82 Å². The lowest BCUT2D eigenvalue weighted by molar-refractivity contribution is 0.0595. The summed E-state index contributed by atoms with van der Waals surface area (Å²) in [6, 6.07) is 4.62. The summed E-state index contributed by atoms with van der Waals surface area (Å²) >= 11 is 0. The van der Waals surface area contributed by atoms with E-state index in [4.69, 9.17) is 0 Å². The van der Waals surface area contributed by atoms with Crippen LogP contribution in [0.15, 0.2) is 18.2 Å². The van der Waals surface area contributed by atoms with Gasteiger partial charge in [0, 0.05) is 18.8 Å². The predicted molar refractivity (Wildman–Crippen MR) is 63.8 cm³/mol. The van der Waals surface area contributed by atoms with E-state index in [9.17, 15) is 9.18 Å². The van der Waals surface area contributed by atoms with Crippen molar-refractivity contribution in [2.75, 3.05) is 25.1 Å². The van der Waals surface area contributed by atoms with Crippen LogP contribution < -0.4 is 4.90 Å². The molecule has 0 saturated carbocycles. The Bertz CT molecular complexity index is 414. The van der Waals surface area contributed by atoms with Gasteiger partial charge >= 0.3 is 5.97 Å². The van der Waals surface area contributed by atoms with Gasteiger partial charge in [0.15, 0.2) is 0 Å². The maximum Gasteiger partial charge on any atom is 0.340 e. The number of carbonyl (C=O) groups excluding carboxylic acids is 1. The van der Waals surface area contributed by atoms with Gasteiger partial charge in [0.1, 0.15) is 5.82 Å². The predicted octanol–water partition coefficient (Wildman–Crippen LogP) is 2.60.